The van der Waals surface area contributed by atoms with Crippen LogP contribution >= 0.6 is 11.8 Å². The summed E-state index contributed by atoms with van der Waals surface area (Å²) in [5, 5.41) is 15.3. The topological polar surface area (TPSA) is 237 Å². The summed E-state index contributed by atoms with van der Waals surface area (Å²) in [7, 11) is 0. The molecule has 0 aromatic carbocycles. The van der Waals surface area contributed by atoms with E-state index in [0.717, 1.165) is 0 Å². The number of primary amides is 2. The van der Waals surface area contributed by atoms with Crippen LogP contribution in [-0.2, 0) is 28.8 Å². The smallest absolute Gasteiger partial charge is 0.322 e. The maximum Gasteiger partial charge on any atom is 0.322 e. The Hall–Kier alpha value is -2.87. The van der Waals surface area contributed by atoms with E-state index in [0.29, 0.717) is 12.2 Å². The van der Waals surface area contributed by atoms with Gasteiger partial charge in [-0.1, -0.05) is 0 Å². The maximum absolute atomic E-state index is 12.6. The number of carbonyl (C=O) groups is 6. The predicted octanol–water partition coefficient (Wildman–Crippen LogP) is -3.62. The normalized spacial score (nSPS) is 13.4. The zero-order valence-corrected chi connectivity index (χ0v) is 17.3. The summed E-state index contributed by atoms with van der Waals surface area (Å²) in [6.07, 6.45) is 1.09. The van der Waals surface area contributed by atoms with Crippen molar-refractivity contribution < 1.29 is 33.9 Å². The average Bonchev–Trinajstić information content (AvgIpc) is 2.65. The number of nitrogens with one attached hydrogen (secondary N) is 3. The Morgan fingerprint density at radius 3 is 2.00 bits per heavy atom. The first-order chi connectivity index (χ1) is 14.0. The molecular formula is C16H28N6O7S. The van der Waals surface area contributed by atoms with E-state index < -0.39 is 66.6 Å². The van der Waals surface area contributed by atoms with Crippen molar-refractivity contribution in [2.24, 2.45) is 17.2 Å². The standard InChI is InChI=1S/C16H28N6O7S/c1-30-5-4-8(17)14(27)22-10(6-12(19)24)16(29)21-9(2-3-11(18)23)15(28)20-7-13(25)26/h8-10H,2-7,17H2,1H3,(H2,18,23)(H2,19,24)(H,20,28)(H,21,29)(H,22,27)(H,25,26). The highest BCUT2D eigenvalue weighted by molar-refractivity contribution is 7.98. The van der Waals surface area contributed by atoms with Gasteiger partial charge in [0.1, 0.15) is 18.6 Å². The van der Waals surface area contributed by atoms with Crippen molar-refractivity contribution in [3.8, 4) is 0 Å². The van der Waals surface area contributed by atoms with E-state index in [1.807, 2.05) is 6.26 Å². The van der Waals surface area contributed by atoms with Crippen LogP contribution in [0, 0.1) is 0 Å². The Balaban J connectivity index is 5.26. The van der Waals surface area contributed by atoms with Crippen molar-refractivity contribution in [1.29, 1.82) is 0 Å². The number of rotatable bonds is 15. The van der Waals surface area contributed by atoms with Crippen LogP contribution < -0.4 is 33.2 Å². The molecule has 0 radical (unpaired) electrons. The third-order valence-corrected chi connectivity index (χ3v) is 4.38. The second-order valence-corrected chi connectivity index (χ2v) is 7.28. The highest BCUT2D eigenvalue weighted by atomic mass is 32.2. The molecule has 0 aromatic heterocycles. The molecular weight excluding hydrogens is 420 g/mol. The lowest BCUT2D eigenvalue weighted by atomic mass is 10.1. The average molecular weight is 449 g/mol. The van der Waals surface area contributed by atoms with Gasteiger partial charge in [0.05, 0.1) is 12.5 Å². The summed E-state index contributed by atoms with van der Waals surface area (Å²) in [5.74, 6) is -4.86. The van der Waals surface area contributed by atoms with E-state index in [-0.39, 0.29) is 12.8 Å². The number of amides is 5. The van der Waals surface area contributed by atoms with Gasteiger partial charge in [-0.2, -0.15) is 11.8 Å². The molecule has 170 valence electrons. The van der Waals surface area contributed by atoms with Gasteiger partial charge in [-0.15, -0.1) is 0 Å². The van der Waals surface area contributed by atoms with E-state index in [1.54, 1.807) is 0 Å². The number of thioether (sulfide) groups is 1. The van der Waals surface area contributed by atoms with Gasteiger partial charge in [0, 0.05) is 6.42 Å². The zero-order chi connectivity index (χ0) is 23.3. The van der Waals surface area contributed by atoms with Crippen molar-refractivity contribution in [1.82, 2.24) is 16.0 Å². The summed E-state index contributed by atoms with van der Waals surface area (Å²) in [5.41, 5.74) is 15.9. The van der Waals surface area contributed by atoms with E-state index in [9.17, 15) is 28.8 Å². The number of nitrogens with two attached hydrogens (primary N) is 3. The largest absolute Gasteiger partial charge is 0.480 e. The second kappa shape index (κ2) is 14.2. The highest BCUT2D eigenvalue weighted by Gasteiger charge is 2.29. The van der Waals surface area contributed by atoms with Crippen molar-refractivity contribution in [2.45, 2.75) is 43.8 Å². The fraction of sp³-hybridized carbons (Fsp3) is 0.625. The van der Waals surface area contributed by atoms with Gasteiger partial charge in [-0.25, -0.2) is 0 Å². The molecule has 14 heteroatoms. The molecule has 0 spiro atoms. The molecule has 0 aliphatic heterocycles. The van der Waals surface area contributed by atoms with Gasteiger partial charge >= 0.3 is 5.97 Å². The maximum atomic E-state index is 12.6. The van der Waals surface area contributed by atoms with Crippen LogP contribution in [0.5, 0.6) is 0 Å². The van der Waals surface area contributed by atoms with Crippen molar-refractivity contribution in [2.75, 3.05) is 18.6 Å². The summed E-state index contributed by atoms with van der Waals surface area (Å²) in [6, 6.07) is -3.68. The van der Waals surface area contributed by atoms with Crippen LogP contribution in [0.4, 0.5) is 0 Å². The Morgan fingerprint density at radius 2 is 1.50 bits per heavy atom. The lowest BCUT2D eigenvalue weighted by molar-refractivity contribution is -0.139. The summed E-state index contributed by atoms with van der Waals surface area (Å²) in [4.78, 5) is 69.8. The minimum atomic E-state index is -1.42. The number of hydrogen-bond donors (Lipinski definition) is 7. The zero-order valence-electron chi connectivity index (χ0n) is 16.5. The van der Waals surface area contributed by atoms with Crippen molar-refractivity contribution in [3.05, 3.63) is 0 Å². The minimum Gasteiger partial charge on any atom is -0.480 e. The molecule has 13 nitrogen and oxygen atoms in total. The number of carbonyl (C=O) groups excluding carboxylic acids is 5. The molecule has 0 bridgehead atoms. The van der Waals surface area contributed by atoms with Gasteiger partial charge in [0.25, 0.3) is 0 Å². The van der Waals surface area contributed by atoms with Gasteiger partial charge in [0.15, 0.2) is 0 Å². The van der Waals surface area contributed by atoms with Gasteiger partial charge in [0.2, 0.25) is 29.5 Å². The Kier molecular flexibility index (Phi) is 12.8. The van der Waals surface area contributed by atoms with Crippen LogP contribution in [0.15, 0.2) is 0 Å². The molecule has 0 aliphatic carbocycles. The number of carboxylic acids is 1. The lowest BCUT2D eigenvalue weighted by Gasteiger charge is -2.23. The van der Waals surface area contributed by atoms with Gasteiger partial charge < -0.3 is 38.3 Å². The third-order valence-electron chi connectivity index (χ3n) is 3.73. The van der Waals surface area contributed by atoms with Gasteiger partial charge in [-0.3, -0.25) is 28.8 Å². The van der Waals surface area contributed by atoms with Crippen molar-refractivity contribution >= 4 is 47.3 Å². The molecule has 5 amide bonds. The first-order valence-electron chi connectivity index (χ1n) is 8.89. The van der Waals surface area contributed by atoms with Crippen LogP contribution in [0.3, 0.4) is 0 Å². The lowest BCUT2D eigenvalue weighted by Crippen LogP contribution is -2.57. The molecule has 30 heavy (non-hydrogen) atoms. The third kappa shape index (κ3) is 11.9. The summed E-state index contributed by atoms with van der Waals surface area (Å²) in [6.45, 7) is -0.715. The Morgan fingerprint density at radius 1 is 0.900 bits per heavy atom. The predicted molar refractivity (Wildman–Crippen MR) is 108 cm³/mol. The van der Waals surface area contributed by atoms with Crippen LogP contribution in [0.2, 0.25) is 0 Å². The fourth-order valence-electron chi connectivity index (χ4n) is 2.18. The summed E-state index contributed by atoms with van der Waals surface area (Å²) >= 11 is 1.47. The molecule has 0 saturated heterocycles. The van der Waals surface area contributed by atoms with E-state index in [2.05, 4.69) is 16.0 Å². The van der Waals surface area contributed by atoms with Crippen LogP contribution in [0.25, 0.3) is 0 Å². The first-order valence-corrected chi connectivity index (χ1v) is 10.3. The van der Waals surface area contributed by atoms with Gasteiger partial charge in [-0.05, 0) is 24.9 Å². The first kappa shape index (κ1) is 27.1. The minimum absolute atomic E-state index is 0.225. The van der Waals surface area contributed by atoms with E-state index in [4.69, 9.17) is 22.3 Å². The summed E-state index contributed by atoms with van der Waals surface area (Å²) < 4.78 is 0. The Labute approximate surface area is 177 Å². The van der Waals surface area contributed by atoms with Crippen LogP contribution in [0.1, 0.15) is 25.7 Å². The molecule has 0 aromatic rings. The number of hydrogen-bond acceptors (Lipinski definition) is 8. The number of carboxylic acid groups (broad SMARTS) is 1. The fourth-order valence-corrected chi connectivity index (χ4v) is 2.67. The second-order valence-electron chi connectivity index (χ2n) is 6.30. The molecule has 0 heterocycles. The molecule has 3 atom stereocenters. The highest BCUT2D eigenvalue weighted by Crippen LogP contribution is 2.03. The molecule has 10 N–H and O–H groups in total. The SMILES string of the molecule is CSCCC(N)C(=O)NC(CC(N)=O)C(=O)NC(CCC(N)=O)C(=O)NCC(=O)O. The molecule has 0 saturated carbocycles. The number of aliphatic carboxylic acids is 1. The van der Waals surface area contributed by atoms with Crippen molar-refractivity contribution in [3.63, 3.8) is 0 Å². The van der Waals surface area contributed by atoms with E-state index in [1.165, 1.54) is 11.8 Å². The van der Waals surface area contributed by atoms with E-state index >= 15 is 0 Å². The quantitative estimate of drug-likeness (QED) is 0.131. The monoisotopic (exact) mass is 448 g/mol. The Bertz CT molecular complexity index is 660. The molecule has 0 rings (SSSR count). The molecule has 0 fully saturated rings. The molecule has 0 aliphatic rings. The molecule has 3 unspecified atom stereocenters. The van der Waals surface area contributed by atoms with Crippen LogP contribution in [-0.4, -0.2) is 77.3 Å².